The van der Waals surface area contributed by atoms with Gasteiger partial charge in [-0.05, 0) is 24.6 Å². The summed E-state index contributed by atoms with van der Waals surface area (Å²) >= 11 is 0. The van der Waals surface area contributed by atoms with E-state index in [2.05, 4.69) is 10.5 Å². The van der Waals surface area contributed by atoms with Crippen LogP contribution in [0.2, 0.25) is 0 Å². The predicted molar refractivity (Wildman–Crippen MR) is 70.6 cm³/mol. The molecule has 0 bridgehead atoms. The molecular weight excluding hydrogens is 244 g/mol. The van der Waals surface area contributed by atoms with Crippen molar-refractivity contribution >= 4 is 5.91 Å². The molecule has 0 aliphatic carbocycles. The first-order chi connectivity index (χ1) is 9.20. The van der Waals surface area contributed by atoms with Crippen LogP contribution in [0.1, 0.15) is 15.9 Å². The molecule has 1 amide bonds. The van der Waals surface area contributed by atoms with E-state index >= 15 is 0 Å². The Labute approximate surface area is 111 Å². The fourth-order valence-corrected chi connectivity index (χ4v) is 1.70. The molecule has 1 aromatic carbocycles. The molecule has 0 unspecified atom stereocenters. The Morgan fingerprint density at radius 2 is 2.26 bits per heavy atom. The molecule has 0 aliphatic heterocycles. The molecule has 1 heterocycles. The molecule has 0 fully saturated rings. The first-order valence-electron chi connectivity index (χ1n) is 5.92. The lowest BCUT2D eigenvalue weighted by Crippen LogP contribution is -2.30. The largest absolute Gasteiger partial charge is 0.491 e. The van der Waals surface area contributed by atoms with Crippen LogP contribution in [0.15, 0.2) is 36.7 Å². The van der Waals surface area contributed by atoms with Gasteiger partial charge in [0.1, 0.15) is 12.4 Å². The molecule has 0 saturated carbocycles. The number of amides is 1. The van der Waals surface area contributed by atoms with Crippen LogP contribution in [0, 0.1) is 6.92 Å². The van der Waals surface area contributed by atoms with Crippen LogP contribution in [0.4, 0.5) is 0 Å². The first-order valence-corrected chi connectivity index (χ1v) is 5.92. The predicted octanol–water partition coefficient (Wildman–Crippen LogP) is 0.874. The second-order valence-electron chi connectivity index (χ2n) is 4.10. The number of para-hydroxylation sites is 1. The van der Waals surface area contributed by atoms with Gasteiger partial charge in [0.05, 0.1) is 18.3 Å². The topological polar surface area (TPSA) is 82.2 Å². The average Bonchev–Trinajstić information content (AvgIpc) is 2.84. The van der Waals surface area contributed by atoms with Gasteiger partial charge in [0.25, 0.3) is 5.91 Å². The molecule has 2 aromatic rings. The molecule has 1 aromatic heterocycles. The monoisotopic (exact) mass is 260 g/mol. The summed E-state index contributed by atoms with van der Waals surface area (Å²) < 4.78 is 7.39. The van der Waals surface area contributed by atoms with Crippen molar-refractivity contribution in [2.75, 3.05) is 6.61 Å². The van der Waals surface area contributed by atoms with E-state index in [0.717, 1.165) is 5.56 Å². The van der Waals surface area contributed by atoms with Crippen LogP contribution < -0.4 is 16.0 Å². The van der Waals surface area contributed by atoms with Gasteiger partial charge >= 0.3 is 0 Å². The molecule has 0 atom stereocenters. The van der Waals surface area contributed by atoms with Crippen molar-refractivity contribution in [3.8, 4) is 5.75 Å². The first kappa shape index (κ1) is 13.1. The van der Waals surface area contributed by atoms with Gasteiger partial charge in [-0.3, -0.25) is 14.9 Å². The van der Waals surface area contributed by atoms with Crippen molar-refractivity contribution in [2.24, 2.45) is 5.84 Å². The maximum absolute atomic E-state index is 11.5. The molecule has 0 saturated heterocycles. The van der Waals surface area contributed by atoms with Gasteiger partial charge < -0.3 is 4.74 Å². The van der Waals surface area contributed by atoms with Crippen molar-refractivity contribution < 1.29 is 9.53 Å². The van der Waals surface area contributed by atoms with Crippen molar-refractivity contribution in [3.05, 3.63) is 47.8 Å². The fourth-order valence-electron chi connectivity index (χ4n) is 1.70. The van der Waals surface area contributed by atoms with E-state index in [1.165, 1.54) is 0 Å². The number of carbonyl (C=O) groups is 1. The minimum atomic E-state index is -0.370. The number of nitrogens with one attached hydrogen (secondary N) is 1. The van der Waals surface area contributed by atoms with E-state index in [0.29, 0.717) is 24.5 Å². The number of nitrogens with two attached hydrogens (primary N) is 1. The zero-order valence-electron chi connectivity index (χ0n) is 10.7. The number of aryl methyl sites for hydroxylation is 1. The molecule has 2 rings (SSSR count). The molecule has 0 spiro atoms. The zero-order chi connectivity index (χ0) is 13.7. The van der Waals surface area contributed by atoms with Gasteiger partial charge in [0.2, 0.25) is 0 Å². The van der Waals surface area contributed by atoms with Crippen molar-refractivity contribution in [1.29, 1.82) is 0 Å². The van der Waals surface area contributed by atoms with E-state index in [1.807, 2.05) is 13.1 Å². The molecule has 0 aliphatic rings. The van der Waals surface area contributed by atoms with Crippen LogP contribution in [0.3, 0.4) is 0 Å². The van der Waals surface area contributed by atoms with E-state index in [-0.39, 0.29) is 5.91 Å². The van der Waals surface area contributed by atoms with Crippen LogP contribution in [0.25, 0.3) is 0 Å². The Bertz CT molecular complexity index is 565. The third-order valence-electron chi connectivity index (χ3n) is 2.60. The second kappa shape index (κ2) is 6.01. The lowest BCUT2D eigenvalue weighted by atomic mass is 10.2. The standard InChI is InChI=1S/C13H16N4O2/c1-10-8-15-17(9-10)6-7-19-12-5-3-2-4-11(12)13(18)16-14/h2-5,8-9H,6-7,14H2,1H3,(H,16,18). The number of hydrazine groups is 1. The number of ether oxygens (including phenoxy) is 1. The number of carbonyl (C=O) groups excluding carboxylic acids is 1. The Kier molecular flexibility index (Phi) is 4.15. The molecule has 0 radical (unpaired) electrons. The van der Waals surface area contributed by atoms with Crippen LogP contribution in [-0.2, 0) is 6.54 Å². The summed E-state index contributed by atoms with van der Waals surface area (Å²) in [5.74, 6) is 5.26. The van der Waals surface area contributed by atoms with Gasteiger partial charge in [-0.1, -0.05) is 12.1 Å². The van der Waals surface area contributed by atoms with Gasteiger partial charge in [-0.15, -0.1) is 0 Å². The summed E-state index contributed by atoms with van der Waals surface area (Å²) in [6, 6.07) is 6.96. The Morgan fingerprint density at radius 1 is 1.47 bits per heavy atom. The van der Waals surface area contributed by atoms with Crippen LogP contribution in [-0.4, -0.2) is 22.3 Å². The van der Waals surface area contributed by atoms with Crippen molar-refractivity contribution in [3.63, 3.8) is 0 Å². The molecule has 100 valence electrons. The van der Waals surface area contributed by atoms with E-state index < -0.39 is 0 Å². The summed E-state index contributed by atoms with van der Waals surface area (Å²) in [5, 5.41) is 4.16. The van der Waals surface area contributed by atoms with Crippen LogP contribution in [0.5, 0.6) is 5.75 Å². The van der Waals surface area contributed by atoms with Gasteiger partial charge in [-0.2, -0.15) is 5.10 Å². The third kappa shape index (κ3) is 3.32. The summed E-state index contributed by atoms with van der Waals surface area (Å²) in [4.78, 5) is 11.5. The number of hydrogen-bond acceptors (Lipinski definition) is 4. The van der Waals surface area contributed by atoms with Gasteiger partial charge in [-0.25, -0.2) is 5.84 Å². The highest BCUT2D eigenvalue weighted by Gasteiger charge is 2.10. The number of rotatable bonds is 5. The highest BCUT2D eigenvalue weighted by atomic mass is 16.5. The number of hydrogen-bond donors (Lipinski definition) is 2. The van der Waals surface area contributed by atoms with Gasteiger partial charge in [0, 0.05) is 6.20 Å². The lowest BCUT2D eigenvalue weighted by molar-refractivity contribution is 0.0949. The number of aromatic nitrogens is 2. The summed E-state index contributed by atoms with van der Waals surface area (Å²) in [7, 11) is 0. The Balaban J connectivity index is 1.97. The quantitative estimate of drug-likeness (QED) is 0.475. The zero-order valence-corrected chi connectivity index (χ0v) is 10.7. The van der Waals surface area contributed by atoms with E-state index in [9.17, 15) is 4.79 Å². The van der Waals surface area contributed by atoms with E-state index in [1.54, 1.807) is 35.1 Å². The normalized spacial score (nSPS) is 10.2. The highest BCUT2D eigenvalue weighted by Crippen LogP contribution is 2.17. The second-order valence-corrected chi connectivity index (χ2v) is 4.10. The maximum atomic E-state index is 11.5. The Hall–Kier alpha value is -2.34. The smallest absolute Gasteiger partial charge is 0.268 e. The minimum Gasteiger partial charge on any atom is -0.491 e. The molecular formula is C13H16N4O2. The molecule has 3 N–H and O–H groups in total. The lowest BCUT2D eigenvalue weighted by Gasteiger charge is -2.10. The number of nitrogens with zero attached hydrogens (tertiary/aromatic N) is 2. The van der Waals surface area contributed by atoms with Gasteiger partial charge in [0.15, 0.2) is 0 Å². The molecule has 6 nitrogen and oxygen atoms in total. The average molecular weight is 260 g/mol. The summed E-state index contributed by atoms with van der Waals surface area (Å²) in [5.41, 5.74) is 3.61. The Morgan fingerprint density at radius 3 is 2.95 bits per heavy atom. The van der Waals surface area contributed by atoms with Crippen LogP contribution >= 0.6 is 0 Å². The van der Waals surface area contributed by atoms with Crippen molar-refractivity contribution in [2.45, 2.75) is 13.5 Å². The summed E-state index contributed by atoms with van der Waals surface area (Å²) in [6.45, 7) is 3.02. The van der Waals surface area contributed by atoms with E-state index in [4.69, 9.17) is 10.6 Å². The summed E-state index contributed by atoms with van der Waals surface area (Å²) in [6.07, 6.45) is 3.72. The maximum Gasteiger partial charge on any atom is 0.268 e. The number of benzene rings is 1. The minimum absolute atomic E-state index is 0.370. The van der Waals surface area contributed by atoms with Crippen molar-refractivity contribution in [1.82, 2.24) is 15.2 Å². The third-order valence-corrected chi connectivity index (χ3v) is 2.60. The fraction of sp³-hybridized carbons (Fsp3) is 0.231. The highest BCUT2D eigenvalue weighted by molar-refractivity contribution is 5.96. The SMILES string of the molecule is Cc1cnn(CCOc2ccccc2C(=O)NN)c1. The number of nitrogen functional groups attached to an aromatic ring is 1. The molecule has 19 heavy (non-hydrogen) atoms. The molecule has 6 heteroatoms.